The van der Waals surface area contributed by atoms with Crippen molar-refractivity contribution in [3.05, 3.63) is 28.7 Å². The van der Waals surface area contributed by atoms with E-state index < -0.39 is 17.9 Å². The van der Waals surface area contributed by atoms with E-state index in [0.29, 0.717) is 43.2 Å². The second-order valence-electron chi connectivity index (χ2n) is 8.04. The van der Waals surface area contributed by atoms with E-state index in [2.05, 4.69) is 15.5 Å². The third kappa shape index (κ3) is 3.67. The van der Waals surface area contributed by atoms with Crippen molar-refractivity contribution in [2.45, 2.75) is 83.5 Å². The summed E-state index contributed by atoms with van der Waals surface area (Å²) in [5.74, 6) is 0.0622. The van der Waals surface area contributed by atoms with Crippen molar-refractivity contribution in [1.29, 1.82) is 0 Å². The van der Waals surface area contributed by atoms with Gasteiger partial charge in [-0.1, -0.05) is 19.8 Å². The molecule has 4 rings (SSSR count). The van der Waals surface area contributed by atoms with Gasteiger partial charge in [-0.25, -0.2) is 0 Å². The van der Waals surface area contributed by atoms with Gasteiger partial charge in [-0.3, -0.25) is 14.2 Å². The monoisotopic (exact) mass is 409 g/mol. The normalized spacial score (nSPS) is 18.2. The number of halogens is 3. The third-order valence-electron chi connectivity index (χ3n) is 6.06. The number of hydrogen-bond donors (Lipinski definition) is 1. The van der Waals surface area contributed by atoms with Crippen molar-refractivity contribution >= 4 is 11.7 Å². The van der Waals surface area contributed by atoms with Crippen molar-refractivity contribution in [1.82, 2.24) is 19.6 Å². The largest absolute Gasteiger partial charge is 0.435 e. The average Bonchev–Trinajstić information content (AvgIpc) is 3.39. The summed E-state index contributed by atoms with van der Waals surface area (Å²) < 4.78 is 43.4. The molecule has 6 nitrogen and oxygen atoms in total. The van der Waals surface area contributed by atoms with Gasteiger partial charge < -0.3 is 5.32 Å². The van der Waals surface area contributed by atoms with E-state index in [0.717, 1.165) is 18.5 Å². The highest BCUT2D eigenvalue weighted by Crippen LogP contribution is 2.38. The van der Waals surface area contributed by atoms with Gasteiger partial charge in [0.1, 0.15) is 6.04 Å². The average molecular weight is 409 g/mol. The maximum atomic E-state index is 13.4. The molecule has 158 valence electrons. The Morgan fingerprint density at radius 2 is 1.97 bits per heavy atom. The Kier molecular flexibility index (Phi) is 5.16. The van der Waals surface area contributed by atoms with E-state index in [1.807, 2.05) is 17.7 Å². The quantitative estimate of drug-likeness (QED) is 0.785. The van der Waals surface area contributed by atoms with Crippen molar-refractivity contribution in [2.24, 2.45) is 0 Å². The summed E-state index contributed by atoms with van der Waals surface area (Å²) >= 11 is 0. The molecule has 1 unspecified atom stereocenters. The summed E-state index contributed by atoms with van der Waals surface area (Å²) in [4.78, 5) is 12.9. The van der Waals surface area contributed by atoms with Crippen LogP contribution in [0.1, 0.15) is 80.2 Å². The fourth-order valence-corrected chi connectivity index (χ4v) is 4.70. The lowest BCUT2D eigenvalue weighted by atomic mass is 10.1. The molecule has 1 saturated carbocycles. The zero-order valence-corrected chi connectivity index (χ0v) is 16.7. The highest BCUT2D eigenvalue weighted by Gasteiger charge is 2.41. The van der Waals surface area contributed by atoms with E-state index in [-0.39, 0.29) is 11.5 Å². The van der Waals surface area contributed by atoms with Gasteiger partial charge in [-0.2, -0.15) is 23.4 Å². The SMILES string of the molecule is CCC(C(=O)Nc1cc(C)n(C2CCCC2)n1)n1nc(C(F)(F)F)c2c1CCC2. The van der Waals surface area contributed by atoms with Crippen molar-refractivity contribution in [3.8, 4) is 0 Å². The lowest BCUT2D eigenvalue weighted by molar-refractivity contribution is -0.142. The topological polar surface area (TPSA) is 64.7 Å². The first kappa shape index (κ1) is 20.0. The highest BCUT2D eigenvalue weighted by atomic mass is 19.4. The first-order valence-corrected chi connectivity index (χ1v) is 10.3. The van der Waals surface area contributed by atoms with Crippen LogP contribution in [-0.2, 0) is 23.8 Å². The van der Waals surface area contributed by atoms with Crippen LogP contribution in [0.5, 0.6) is 0 Å². The number of aryl methyl sites for hydroxylation is 1. The van der Waals surface area contributed by atoms with Crippen LogP contribution in [-0.4, -0.2) is 25.5 Å². The number of carbonyl (C=O) groups is 1. The maximum absolute atomic E-state index is 13.4. The minimum atomic E-state index is -4.51. The number of nitrogens with one attached hydrogen (secondary N) is 1. The molecule has 1 amide bonds. The minimum Gasteiger partial charge on any atom is -0.307 e. The highest BCUT2D eigenvalue weighted by molar-refractivity contribution is 5.93. The zero-order valence-electron chi connectivity index (χ0n) is 16.7. The van der Waals surface area contributed by atoms with Crippen molar-refractivity contribution in [3.63, 3.8) is 0 Å². The van der Waals surface area contributed by atoms with Crippen LogP contribution in [0.4, 0.5) is 19.0 Å². The van der Waals surface area contributed by atoms with Crippen LogP contribution in [0, 0.1) is 6.92 Å². The van der Waals surface area contributed by atoms with Crippen LogP contribution in [0.3, 0.4) is 0 Å². The maximum Gasteiger partial charge on any atom is 0.435 e. The Balaban J connectivity index is 1.58. The molecule has 1 atom stereocenters. The summed E-state index contributed by atoms with van der Waals surface area (Å²) in [7, 11) is 0. The smallest absolute Gasteiger partial charge is 0.307 e. The van der Waals surface area contributed by atoms with Gasteiger partial charge in [-0.15, -0.1) is 0 Å². The molecule has 0 saturated heterocycles. The van der Waals surface area contributed by atoms with E-state index in [1.54, 1.807) is 6.92 Å². The molecule has 0 bridgehead atoms. The lowest BCUT2D eigenvalue weighted by Gasteiger charge is -2.17. The Bertz CT molecular complexity index is 908. The van der Waals surface area contributed by atoms with Gasteiger partial charge in [0, 0.05) is 23.0 Å². The second-order valence-corrected chi connectivity index (χ2v) is 8.04. The molecular weight excluding hydrogens is 383 g/mol. The molecule has 9 heteroatoms. The predicted molar refractivity (Wildman–Crippen MR) is 102 cm³/mol. The van der Waals surface area contributed by atoms with E-state index in [1.165, 1.54) is 17.5 Å². The van der Waals surface area contributed by atoms with E-state index in [9.17, 15) is 18.0 Å². The van der Waals surface area contributed by atoms with Crippen LogP contribution in [0.15, 0.2) is 6.07 Å². The molecule has 0 aromatic carbocycles. The van der Waals surface area contributed by atoms with Gasteiger partial charge >= 0.3 is 6.18 Å². The number of alkyl halides is 3. The molecule has 0 aliphatic heterocycles. The van der Waals surface area contributed by atoms with E-state index >= 15 is 0 Å². The van der Waals surface area contributed by atoms with Gasteiger partial charge in [0.15, 0.2) is 11.5 Å². The first-order chi connectivity index (χ1) is 13.8. The summed E-state index contributed by atoms with van der Waals surface area (Å²) in [6.07, 6.45) is 1.86. The first-order valence-electron chi connectivity index (χ1n) is 10.3. The van der Waals surface area contributed by atoms with Crippen LogP contribution >= 0.6 is 0 Å². The number of carbonyl (C=O) groups excluding carboxylic acids is 1. The number of aromatic nitrogens is 4. The van der Waals surface area contributed by atoms with Crippen LogP contribution in [0.2, 0.25) is 0 Å². The number of anilines is 1. The van der Waals surface area contributed by atoms with Crippen LogP contribution in [0.25, 0.3) is 0 Å². The minimum absolute atomic E-state index is 0.241. The standard InChI is InChI=1S/C20H26F3N5O/c1-3-15(28-16-10-6-9-14(16)18(26-28)20(21,22)23)19(29)24-17-11-12(2)27(25-17)13-7-4-5-8-13/h11,13,15H,3-10H2,1-2H3,(H,24,25,29). The molecule has 2 aliphatic carbocycles. The Morgan fingerprint density at radius 3 is 2.62 bits per heavy atom. The third-order valence-corrected chi connectivity index (χ3v) is 6.06. The number of fused-ring (bicyclic) bond motifs is 1. The fraction of sp³-hybridized carbons (Fsp3) is 0.650. The molecule has 1 fully saturated rings. The number of hydrogen-bond acceptors (Lipinski definition) is 3. The van der Waals surface area contributed by atoms with Crippen molar-refractivity contribution < 1.29 is 18.0 Å². The Labute approximate surface area is 167 Å². The molecular formula is C20H26F3N5O. The molecule has 0 radical (unpaired) electrons. The lowest BCUT2D eigenvalue weighted by Crippen LogP contribution is -2.28. The van der Waals surface area contributed by atoms with Crippen LogP contribution < -0.4 is 5.32 Å². The Hall–Kier alpha value is -2.32. The van der Waals surface area contributed by atoms with Crippen molar-refractivity contribution in [2.75, 3.05) is 5.32 Å². The molecule has 2 heterocycles. The Morgan fingerprint density at radius 1 is 1.24 bits per heavy atom. The summed E-state index contributed by atoms with van der Waals surface area (Å²) in [5, 5.41) is 11.2. The predicted octanol–water partition coefficient (Wildman–Crippen LogP) is 4.60. The summed E-state index contributed by atoms with van der Waals surface area (Å²) in [5.41, 5.74) is 0.897. The van der Waals surface area contributed by atoms with Gasteiger partial charge in [-0.05, 0) is 45.4 Å². The second kappa shape index (κ2) is 7.50. The molecule has 2 aliphatic rings. The van der Waals surface area contributed by atoms with Gasteiger partial charge in [0.25, 0.3) is 0 Å². The van der Waals surface area contributed by atoms with Gasteiger partial charge in [0.05, 0.1) is 6.04 Å². The molecule has 2 aromatic heterocycles. The number of nitrogens with zero attached hydrogens (tertiary/aromatic N) is 4. The van der Waals surface area contributed by atoms with E-state index in [4.69, 9.17) is 0 Å². The summed E-state index contributed by atoms with van der Waals surface area (Å²) in [6, 6.07) is 1.37. The zero-order chi connectivity index (χ0) is 20.8. The summed E-state index contributed by atoms with van der Waals surface area (Å²) in [6.45, 7) is 3.73. The molecule has 1 N–H and O–H groups in total. The molecule has 29 heavy (non-hydrogen) atoms. The number of amides is 1. The molecule has 2 aromatic rings. The fourth-order valence-electron chi connectivity index (χ4n) is 4.70. The van der Waals surface area contributed by atoms with Gasteiger partial charge in [0.2, 0.25) is 5.91 Å². The number of rotatable bonds is 5. The molecule has 0 spiro atoms.